The maximum absolute atomic E-state index is 12.1. The molecule has 96 valence electrons. The van der Waals surface area contributed by atoms with E-state index in [-0.39, 0.29) is 5.78 Å². The van der Waals surface area contributed by atoms with Crippen LogP contribution in [0.2, 0.25) is 0 Å². The third-order valence-corrected chi connectivity index (χ3v) is 2.66. The minimum Gasteiger partial charge on any atom is -0.493 e. The summed E-state index contributed by atoms with van der Waals surface area (Å²) in [5.41, 5.74) is 1.28. The van der Waals surface area contributed by atoms with Crippen LogP contribution in [0.3, 0.4) is 0 Å². The molecule has 19 heavy (non-hydrogen) atoms. The van der Waals surface area contributed by atoms with Crippen LogP contribution < -0.4 is 4.74 Å². The zero-order valence-corrected chi connectivity index (χ0v) is 10.4. The van der Waals surface area contributed by atoms with Crippen molar-refractivity contribution in [3.8, 4) is 5.75 Å². The lowest BCUT2D eigenvalue weighted by Crippen LogP contribution is -2.01. The molecule has 0 aliphatic heterocycles. The van der Waals surface area contributed by atoms with Gasteiger partial charge in [-0.25, -0.2) is 0 Å². The van der Waals surface area contributed by atoms with Gasteiger partial charge in [0.25, 0.3) is 0 Å². The summed E-state index contributed by atoms with van der Waals surface area (Å²) in [5, 5.41) is 0. The quantitative estimate of drug-likeness (QED) is 0.452. The van der Waals surface area contributed by atoms with Gasteiger partial charge in [-0.1, -0.05) is 30.3 Å². The van der Waals surface area contributed by atoms with Crippen molar-refractivity contribution in [2.24, 2.45) is 0 Å². The lowest BCUT2D eigenvalue weighted by atomic mass is 10.0. The molecular weight excluding hydrogens is 240 g/mol. The smallest absolute Gasteiger partial charge is 0.193 e. The molecule has 0 atom stereocenters. The second-order valence-electron chi connectivity index (χ2n) is 4.02. The number of rotatable bonds is 6. The summed E-state index contributed by atoms with van der Waals surface area (Å²) in [6.07, 6.45) is 1.18. The summed E-state index contributed by atoms with van der Waals surface area (Å²) in [4.78, 5) is 22.3. The van der Waals surface area contributed by atoms with Crippen LogP contribution in [-0.2, 0) is 4.79 Å². The van der Waals surface area contributed by atoms with Gasteiger partial charge in [0.2, 0.25) is 0 Å². The predicted octanol–water partition coefficient (Wildman–Crippen LogP) is 2.89. The normalized spacial score (nSPS) is 9.89. The van der Waals surface area contributed by atoms with E-state index in [4.69, 9.17) is 4.74 Å². The lowest BCUT2D eigenvalue weighted by Gasteiger charge is -2.05. The van der Waals surface area contributed by atoms with Crippen LogP contribution in [0, 0.1) is 0 Å². The average Bonchev–Trinajstić information content (AvgIpc) is 2.48. The summed E-state index contributed by atoms with van der Waals surface area (Å²) in [5.74, 6) is 0.645. The second kappa shape index (κ2) is 6.50. The summed E-state index contributed by atoms with van der Waals surface area (Å²) in [6, 6.07) is 16.1. The largest absolute Gasteiger partial charge is 0.493 e. The van der Waals surface area contributed by atoms with E-state index in [2.05, 4.69) is 0 Å². The number of ketones is 1. The molecule has 0 heterocycles. The van der Waals surface area contributed by atoms with Crippen LogP contribution in [0.1, 0.15) is 22.3 Å². The Labute approximate surface area is 111 Å². The predicted molar refractivity (Wildman–Crippen MR) is 72.5 cm³/mol. The van der Waals surface area contributed by atoms with Crippen molar-refractivity contribution >= 4 is 12.1 Å². The Bertz CT molecular complexity index is 544. The molecule has 3 nitrogen and oxygen atoms in total. The van der Waals surface area contributed by atoms with Crippen LogP contribution in [0.5, 0.6) is 5.75 Å². The van der Waals surface area contributed by atoms with Crippen LogP contribution in [0.25, 0.3) is 0 Å². The Balaban J connectivity index is 2.06. The SMILES string of the molecule is O=CCCOc1ccc(C(=O)c2ccccc2)cc1. The molecule has 2 aromatic carbocycles. The van der Waals surface area contributed by atoms with Gasteiger partial charge < -0.3 is 9.53 Å². The van der Waals surface area contributed by atoms with Gasteiger partial charge in [-0.15, -0.1) is 0 Å². The van der Waals surface area contributed by atoms with Crippen LogP contribution in [0.15, 0.2) is 54.6 Å². The highest BCUT2D eigenvalue weighted by Gasteiger charge is 2.08. The van der Waals surface area contributed by atoms with Gasteiger partial charge in [-0.3, -0.25) is 4.79 Å². The number of aldehydes is 1. The molecule has 0 saturated heterocycles. The Morgan fingerprint density at radius 2 is 1.58 bits per heavy atom. The maximum Gasteiger partial charge on any atom is 0.193 e. The summed E-state index contributed by atoms with van der Waals surface area (Å²) in [7, 11) is 0. The third-order valence-electron chi connectivity index (χ3n) is 2.66. The standard InChI is InChI=1S/C16H14O3/c17-11-4-12-19-15-9-7-14(8-10-15)16(18)13-5-2-1-3-6-13/h1-3,5-11H,4,12H2. The second-order valence-corrected chi connectivity index (χ2v) is 4.02. The first-order chi connectivity index (χ1) is 9.31. The molecule has 2 aromatic rings. The molecule has 0 saturated carbocycles. The van der Waals surface area contributed by atoms with Gasteiger partial charge in [-0.2, -0.15) is 0 Å². The number of hydrogen-bond acceptors (Lipinski definition) is 3. The topological polar surface area (TPSA) is 43.4 Å². The first-order valence-corrected chi connectivity index (χ1v) is 6.07. The molecule has 0 aliphatic rings. The van der Waals surface area contributed by atoms with Crippen molar-refractivity contribution in [1.82, 2.24) is 0 Å². The maximum atomic E-state index is 12.1. The molecule has 0 aliphatic carbocycles. The van der Waals surface area contributed by atoms with Crippen LogP contribution >= 0.6 is 0 Å². The molecule has 0 aromatic heterocycles. The van der Waals surface area contributed by atoms with Crippen molar-refractivity contribution in [3.63, 3.8) is 0 Å². The van der Waals surface area contributed by atoms with Crippen molar-refractivity contribution in [2.75, 3.05) is 6.61 Å². The Hall–Kier alpha value is -2.42. The van der Waals surface area contributed by atoms with Crippen LogP contribution in [0.4, 0.5) is 0 Å². The molecule has 0 fully saturated rings. The summed E-state index contributed by atoms with van der Waals surface area (Å²) < 4.78 is 5.34. The van der Waals surface area contributed by atoms with E-state index in [0.29, 0.717) is 29.9 Å². The fourth-order valence-electron chi connectivity index (χ4n) is 1.68. The fraction of sp³-hybridized carbons (Fsp3) is 0.125. The molecule has 0 radical (unpaired) electrons. The van der Waals surface area contributed by atoms with E-state index >= 15 is 0 Å². The lowest BCUT2D eigenvalue weighted by molar-refractivity contribution is -0.108. The minimum atomic E-state index is -0.0139. The highest BCUT2D eigenvalue weighted by Crippen LogP contribution is 2.15. The number of carbonyl (C=O) groups excluding carboxylic acids is 2. The van der Waals surface area contributed by atoms with Crippen molar-refractivity contribution in [1.29, 1.82) is 0 Å². The van der Waals surface area contributed by atoms with Gasteiger partial charge in [0.05, 0.1) is 6.61 Å². The Morgan fingerprint density at radius 3 is 2.21 bits per heavy atom. The zero-order valence-electron chi connectivity index (χ0n) is 10.4. The molecule has 0 amide bonds. The number of carbonyl (C=O) groups is 2. The molecule has 0 spiro atoms. The van der Waals surface area contributed by atoms with Crippen molar-refractivity contribution < 1.29 is 14.3 Å². The van der Waals surface area contributed by atoms with E-state index in [9.17, 15) is 9.59 Å². The molecule has 0 bridgehead atoms. The van der Waals surface area contributed by atoms with Crippen LogP contribution in [-0.4, -0.2) is 18.7 Å². The van der Waals surface area contributed by atoms with E-state index in [1.54, 1.807) is 36.4 Å². The number of hydrogen-bond donors (Lipinski definition) is 0. The number of ether oxygens (including phenoxy) is 1. The van der Waals surface area contributed by atoms with E-state index < -0.39 is 0 Å². The Morgan fingerprint density at radius 1 is 0.947 bits per heavy atom. The Kier molecular flexibility index (Phi) is 4.45. The monoisotopic (exact) mass is 254 g/mol. The van der Waals surface area contributed by atoms with Crippen molar-refractivity contribution in [3.05, 3.63) is 65.7 Å². The van der Waals surface area contributed by atoms with E-state index in [1.165, 1.54) is 0 Å². The minimum absolute atomic E-state index is 0.0139. The van der Waals surface area contributed by atoms with Gasteiger partial charge in [0.1, 0.15) is 12.0 Å². The van der Waals surface area contributed by atoms with E-state index in [0.717, 1.165) is 6.29 Å². The summed E-state index contributed by atoms with van der Waals surface area (Å²) >= 11 is 0. The average molecular weight is 254 g/mol. The van der Waals surface area contributed by atoms with Gasteiger partial charge in [0.15, 0.2) is 5.78 Å². The van der Waals surface area contributed by atoms with Gasteiger partial charge in [0, 0.05) is 17.5 Å². The van der Waals surface area contributed by atoms with E-state index in [1.807, 2.05) is 18.2 Å². The first-order valence-electron chi connectivity index (χ1n) is 6.07. The third kappa shape index (κ3) is 3.52. The molecule has 2 rings (SSSR count). The highest BCUT2D eigenvalue weighted by molar-refractivity contribution is 6.08. The zero-order chi connectivity index (χ0) is 13.5. The first kappa shape index (κ1) is 13.0. The number of benzene rings is 2. The van der Waals surface area contributed by atoms with Gasteiger partial charge >= 0.3 is 0 Å². The molecule has 0 unspecified atom stereocenters. The molecule has 0 N–H and O–H groups in total. The summed E-state index contributed by atoms with van der Waals surface area (Å²) in [6.45, 7) is 0.357. The fourth-order valence-corrected chi connectivity index (χ4v) is 1.68. The molecule has 3 heteroatoms. The highest BCUT2D eigenvalue weighted by atomic mass is 16.5. The van der Waals surface area contributed by atoms with Gasteiger partial charge in [-0.05, 0) is 24.3 Å². The molecular formula is C16H14O3. The van der Waals surface area contributed by atoms with Crippen molar-refractivity contribution in [2.45, 2.75) is 6.42 Å².